The number of hydrogen-bond donors (Lipinski definition) is 2. The Morgan fingerprint density at radius 1 is 1.47 bits per heavy atom. The summed E-state index contributed by atoms with van der Waals surface area (Å²) in [5.41, 5.74) is 7.88. The third-order valence-electron chi connectivity index (χ3n) is 2.63. The smallest absolute Gasteiger partial charge is 0.241 e. The maximum absolute atomic E-state index is 11.8. The summed E-state index contributed by atoms with van der Waals surface area (Å²) >= 11 is 0. The minimum Gasteiger partial charge on any atom is -0.352 e. The Labute approximate surface area is 103 Å². The van der Waals surface area contributed by atoms with Crippen molar-refractivity contribution in [3.05, 3.63) is 48.0 Å². The minimum absolute atomic E-state index is 0.0662. The second-order valence-electron chi connectivity index (χ2n) is 4.32. The second kappa shape index (κ2) is 6.21. The van der Waals surface area contributed by atoms with Crippen molar-refractivity contribution in [2.75, 3.05) is 0 Å². The van der Waals surface area contributed by atoms with Gasteiger partial charge in [-0.05, 0) is 25.8 Å². The van der Waals surface area contributed by atoms with Gasteiger partial charge in [-0.15, -0.1) is 6.58 Å². The monoisotopic (exact) mass is 232 g/mol. The Bertz CT molecular complexity index is 384. The summed E-state index contributed by atoms with van der Waals surface area (Å²) in [5.74, 6) is -0.150. The number of aryl methyl sites for hydroxylation is 1. The summed E-state index contributed by atoms with van der Waals surface area (Å²) in [7, 11) is 0. The molecule has 1 amide bonds. The fraction of sp³-hybridized carbons (Fsp3) is 0.357. The molecule has 0 spiro atoms. The van der Waals surface area contributed by atoms with Gasteiger partial charge in [0.1, 0.15) is 6.04 Å². The van der Waals surface area contributed by atoms with Crippen LogP contribution in [0.2, 0.25) is 0 Å². The molecule has 0 saturated carbocycles. The molecule has 0 aromatic heterocycles. The van der Waals surface area contributed by atoms with E-state index >= 15 is 0 Å². The summed E-state index contributed by atoms with van der Waals surface area (Å²) in [4.78, 5) is 11.8. The molecule has 17 heavy (non-hydrogen) atoms. The molecule has 0 aliphatic carbocycles. The van der Waals surface area contributed by atoms with Crippen molar-refractivity contribution in [2.45, 2.75) is 32.4 Å². The summed E-state index contributed by atoms with van der Waals surface area (Å²) in [6.07, 6.45) is 2.52. The molecule has 2 atom stereocenters. The third-order valence-corrected chi connectivity index (χ3v) is 2.63. The van der Waals surface area contributed by atoms with E-state index in [1.807, 2.05) is 38.1 Å². The number of amides is 1. The van der Waals surface area contributed by atoms with E-state index in [0.29, 0.717) is 0 Å². The van der Waals surface area contributed by atoms with Gasteiger partial charge in [0.05, 0.1) is 0 Å². The molecule has 0 aliphatic rings. The molecule has 3 heteroatoms. The summed E-state index contributed by atoms with van der Waals surface area (Å²) in [5, 5.41) is 2.86. The lowest BCUT2D eigenvalue weighted by atomic mass is 10.0. The standard InChI is InChI=1S/C14H20N2O/c1-4-5-11(3)16-14(17)13(15)12-8-6-10(2)7-9-12/h4,6-9,11,13H,1,5,15H2,2-3H3,(H,16,17). The van der Waals surface area contributed by atoms with Gasteiger partial charge in [0, 0.05) is 6.04 Å². The van der Waals surface area contributed by atoms with E-state index in [1.165, 1.54) is 0 Å². The van der Waals surface area contributed by atoms with E-state index in [0.717, 1.165) is 17.5 Å². The van der Waals surface area contributed by atoms with Gasteiger partial charge in [-0.3, -0.25) is 4.79 Å². The number of carbonyl (C=O) groups is 1. The summed E-state index contributed by atoms with van der Waals surface area (Å²) in [6.45, 7) is 7.57. The molecule has 0 bridgehead atoms. The van der Waals surface area contributed by atoms with Crippen LogP contribution in [0.4, 0.5) is 0 Å². The highest BCUT2D eigenvalue weighted by Crippen LogP contribution is 2.11. The van der Waals surface area contributed by atoms with E-state index in [1.54, 1.807) is 6.08 Å². The summed E-state index contributed by atoms with van der Waals surface area (Å²) < 4.78 is 0. The average Bonchev–Trinajstić information content (AvgIpc) is 2.29. The number of hydrogen-bond acceptors (Lipinski definition) is 2. The molecule has 0 fully saturated rings. The van der Waals surface area contributed by atoms with E-state index in [-0.39, 0.29) is 11.9 Å². The van der Waals surface area contributed by atoms with Gasteiger partial charge >= 0.3 is 0 Å². The van der Waals surface area contributed by atoms with Crippen molar-refractivity contribution in [3.8, 4) is 0 Å². The van der Waals surface area contributed by atoms with Gasteiger partial charge in [-0.25, -0.2) is 0 Å². The molecule has 0 aliphatic heterocycles. The van der Waals surface area contributed by atoms with Crippen molar-refractivity contribution in [3.63, 3.8) is 0 Å². The molecule has 92 valence electrons. The maximum Gasteiger partial charge on any atom is 0.241 e. The lowest BCUT2D eigenvalue weighted by Gasteiger charge is -2.16. The first-order valence-electron chi connectivity index (χ1n) is 5.78. The normalized spacial score (nSPS) is 13.8. The molecule has 3 nitrogen and oxygen atoms in total. The molecule has 0 radical (unpaired) electrons. The Kier molecular flexibility index (Phi) is 4.91. The lowest BCUT2D eigenvalue weighted by molar-refractivity contribution is -0.123. The van der Waals surface area contributed by atoms with Crippen LogP contribution >= 0.6 is 0 Å². The molecular formula is C14H20N2O. The number of carbonyl (C=O) groups excluding carboxylic acids is 1. The molecule has 0 heterocycles. The zero-order valence-electron chi connectivity index (χ0n) is 10.4. The predicted octanol–water partition coefficient (Wildman–Crippen LogP) is 2.08. The van der Waals surface area contributed by atoms with Gasteiger partial charge < -0.3 is 11.1 Å². The van der Waals surface area contributed by atoms with Gasteiger partial charge in [0.2, 0.25) is 5.91 Å². The predicted molar refractivity (Wildman–Crippen MR) is 70.5 cm³/mol. The van der Waals surface area contributed by atoms with Crippen molar-refractivity contribution in [2.24, 2.45) is 5.73 Å². The van der Waals surface area contributed by atoms with Crippen LogP contribution in [0.1, 0.15) is 30.5 Å². The molecule has 1 aromatic rings. The summed E-state index contributed by atoms with van der Waals surface area (Å²) in [6, 6.07) is 7.14. The molecule has 1 aromatic carbocycles. The number of nitrogens with one attached hydrogen (secondary N) is 1. The van der Waals surface area contributed by atoms with Crippen molar-refractivity contribution in [1.82, 2.24) is 5.32 Å². The Morgan fingerprint density at radius 2 is 2.06 bits per heavy atom. The first kappa shape index (κ1) is 13.5. The topological polar surface area (TPSA) is 55.1 Å². The Morgan fingerprint density at radius 3 is 2.59 bits per heavy atom. The zero-order valence-corrected chi connectivity index (χ0v) is 10.4. The fourth-order valence-electron chi connectivity index (χ4n) is 1.57. The highest BCUT2D eigenvalue weighted by atomic mass is 16.2. The van der Waals surface area contributed by atoms with Crippen LogP contribution in [0.25, 0.3) is 0 Å². The second-order valence-corrected chi connectivity index (χ2v) is 4.32. The van der Waals surface area contributed by atoms with Gasteiger partial charge in [-0.2, -0.15) is 0 Å². The lowest BCUT2D eigenvalue weighted by Crippen LogP contribution is -2.39. The molecule has 1 rings (SSSR count). The van der Waals surface area contributed by atoms with Crippen LogP contribution in [-0.4, -0.2) is 11.9 Å². The van der Waals surface area contributed by atoms with E-state index in [2.05, 4.69) is 11.9 Å². The minimum atomic E-state index is -0.608. The maximum atomic E-state index is 11.8. The third kappa shape index (κ3) is 4.04. The quantitative estimate of drug-likeness (QED) is 0.764. The van der Waals surface area contributed by atoms with Crippen molar-refractivity contribution >= 4 is 5.91 Å². The van der Waals surface area contributed by atoms with Gasteiger partial charge in [0.15, 0.2) is 0 Å². The first-order chi connectivity index (χ1) is 8.04. The Hall–Kier alpha value is -1.61. The van der Waals surface area contributed by atoms with Gasteiger partial charge in [0.25, 0.3) is 0 Å². The number of benzene rings is 1. The SMILES string of the molecule is C=CCC(C)NC(=O)C(N)c1ccc(C)cc1. The average molecular weight is 232 g/mol. The number of rotatable bonds is 5. The number of nitrogens with two attached hydrogens (primary N) is 1. The first-order valence-corrected chi connectivity index (χ1v) is 5.78. The highest BCUT2D eigenvalue weighted by molar-refractivity contribution is 5.83. The van der Waals surface area contributed by atoms with Crippen LogP contribution in [0.15, 0.2) is 36.9 Å². The van der Waals surface area contributed by atoms with E-state index in [4.69, 9.17) is 5.73 Å². The van der Waals surface area contributed by atoms with Crippen LogP contribution in [0, 0.1) is 6.92 Å². The van der Waals surface area contributed by atoms with E-state index < -0.39 is 6.04 Å². The molecule has 0 saturated heterocycles. The van der Waals surface area contributed by atoms with Crippen molar-refractivity contribution < 1.29 is 4.79 Å². The van der Waals surface area contributed by atoms with Crippen molar-refractivity contribution in [1.29, 1.82) is 0 Å². The fourth-order valence-corrected chi connectivity index (χ4v) is 1.57. The Balaban J connectivity index is 2.63. The van der Waals surface area contributed by atoms with Crippen LogP contribution < -0.4 is 11.1 Å². The highest BCUT2D eigenvalue weighted by Gasteiger charge is 2.16. The molecule has 3 N–H and O–H groups in total. The van der Waals surface area contributed by atoms with Crippen LogP contribution in [0.3, 0.4) is 0 Å². The molecular weight excluding hydrogens is 212 g/mol. The van der Waals surface area contributed by atoms with E-state index in [9.17, 15) is 4.79 Å². The van der Waals surface area contributed by atoms with Gasteiger partial charge in [-0.1, -0.05) is 35.9 Å². The molecule has 2 unspecified atom stereocenters. The van der Waals surface area contributed by atoms with Crippen LogP contribution in [-0.2, 0) is 4.79 Å². The van der Waals surface area contributed by atoms with Crippen LogP contribution in [0.5, 0.6) is 0 Å². The largest absolute Gasteiger partial charge is 0.352 e. The zero-order chi connectivity index (χ0) is 12.8.